The van der Waals surface area contributed by atoms with E-state index in [4.69, 9.17) is 4.74 Å². The molecular weight excluding hydrogens is 386 g/mol. The van der Waals surface area contributed by atoms with E-state index in [2.05, 4.69) is 10.3 Å². The van der Waals surface area contributed by atoms with Gasteiger partial charge in [-0.3, -0.25) is 0 Å². The predicted octanol–water partition coefficient (Wildman–Crippen LogP) is 6.11. The molecule has 0 saturated heterocycles. The van der Waals surface area contributed by atoms with Crippen LogP contribution in [0.15, 0.2) is 66.4 Å². The van der Waals surface area contributed by atoms with Crippen molar-refractivity contribution >= 4 is 34.4 Å². The van der Waals surface area contributed by atoms with Gasteiger partial charge in [-0.2, -0.15) is 0 Å². The lowest BCUT2D eigenvalue weighted by Crippen LogP contribution is -2.07. The highest BCUT2D eigenvalue weighted by atomic mass is 32.1. The number of aliphatic hydroxyl groups excluding tert-OH is 1. The van der Waals surface area contributed by atoms with E-state index in [1.807, 2.05) is 67.6 Å². The minimum absolute atomic E-state index is 0.0964. The highest BCUT2D eigenvalue weighted by Crippen LogP contribution is 2.40. The molecular formula is C22H20N3O3S+. The van der Waals surface area contributed by atoms with Crippen LogP contribution in [0.5, 0.6) is 0 Å². The standard InChI is InChI=1S/C22H19N3O3S/c1-3-28-22(27)19(25-23)20(26)21-17(24-16-12-8-7-9-14(16)2)13-18(29-21)15-10-5-4-6-11-15/h4-13H,3H2,1-2H3,(H-,24,26,27)/p+1. The third-order valence-electron chi connectivity index (χ3n) is 4.21. The monoisotopic (exact) mass is 406 g/mol. The summed E-state index contributed by atoms with van der Waals surface area (Å²) in [5.74, 6) is -1.35. The maximum absolute atomic E-state index is 12.1. The van der Waals surface area contributed by atoms with Gasteiger partial charge in [0.1, 0.15) is 4.88 Å². The summed E-state index contributed by atoms with van der Waals surface area (Å²) in [4.78, 5) is 16.3. The summed E-state index contributed by atoms with van der Waals surface area (Å²) in [5, 5.41) is 23.4. The molecule has 6 nitrogen and oxygen atoms in total. The molecule has 146 valence electrons. The number of hydrogen-bond acceptors (Lipinski definition) is 6. The molecule has 0 aliphatic carbocycles. The maximum atomic E-state index is 12.1. The molecule has 0 fully saturated rings. The van der Waals surface area contributed by atoms with Crippen LogP contribution in [0.4, 0.5) is 11.4 Å². The SMILES string of the molecule is CCOC(=O)/C([N+]#N)=C(\O)c1sc(-c2ccccc2)cc1Nc1ccccc1C. The van der Waals surface area contributed by atoms with Crippen LogP contribution in [0, 0.1) is 12.3 Å². The number of esters is 1. The van der Waals surface area contributed by atoms with Gasteiger partial charge in [-0.1, -0.05) is 48.5 Å². The largest absolute Gasteiger partial charge is 0.510 e. The number of ether oxygens (including phenoxy) is 1. The summed E-state index contributed by atoms with van der Waals surface area (Å²) in [6.07, 6.45) is 0. The summed E-state index contributed by atoms with van der Waals surface area (Å²) >= 11 is 1.28. The Labute approximate surface area is 172 Å². The smallest absolute Gasteiger partial charge is 0.500 e. The van der Waals surface area contributed by atoms with E-state index in [1.165, 1.54) is 11.3 Å². The number of aliphatic hydroxyl groups is 1. The van der Waals surface area contributed by atoms with E-state index in [-0.39, 0.29) is 6.61 Å². The number of hydrogen-bond donors (Lipinski definition) is 2. The Morgan fingerprint density at radius 3 is 2.48 bits per heavy atom. The van der Waals surface area contributed by atoms with Crippen molar-refractivity contribution < 1.29 is 14.6 Å². The first-order valence-corrected chi connectivity index (χ1v) is 9.84. The Kier molecular flexibility index (Phi) is 6.27. The molecule has 0 aliphatic rings. The van der Waals surface area contributed by atoms with Gasteiger partial charge in [0.25, 0.3) is 0 Å². The lowest BCUT2D eigenvalue weighted by molar-refractivity contribution is -0.138. The molecule has 0 bridgehead atoms. The molecule has 0 unspecified atom stereocenters. The van der Waals surface area contributed by atoms with Crippen LogP contribution in [-0.4, -0.2) is 17.7 Å². The fourth-order valence-corrected chi connectivity index (χ4v) is 3.82. The second-order valence-electron chi connectivity index (χ2n) is 6.18. The minimum atomic E-state index is -0.899. The lowest BCUT2D eigenvalue weighted by Gasteiger charge is -2.09. The molecule has 1 heterocycles. The number of thiophene rings is 1. The third-order valence-corrected chi connectivity index (χ3v) is 5.40. The molecule has 1 aromatic heterocycles. The summed E-state index contributed by atoms with van der Waals surface area (Å²) in [6, 6.07) is 19.3. The number of aryl methyl sites for hydroxylation is 1. The molecule has 0 atom stereocenters. The van der Waals surface area contributed by atoms with Crippen LogP contribution < -0.4 is 5.32 Å². The molecule has 2 aromatic carbocycles. The van der Waals surface area contributed by atoms with Gasteiger partial charge in [-0.05, 0) is 37.1 Å². The second-order valence-corrected chi connectivity index (χ2v) is 7.23. The topological polar surface area (TPSA) is 86.7 Å². The van der Waals surface area contributed by atoms with E-state index >= 15 is 0 Å². The molecule has 0 spiro atoms. The molecule has 3 rings (SSSR count). The highest BCUT2D eigenvalue weighted by molar-refractivity contribution is 7.17. The van der Waals surface area contributed by atoms with Crippen molar-refractivity contribution in [3.05, 3.63) is 81.8 Å². The normalized spacial score (nSPS) is 11.3. The van der Waals surface area contributed by atoms with Crippen LogP contribution in [0.2, 0.25) is 0 Å². The van der Waals surface area contributed by atoms with Gasteiger partial charge in [-0.25, -0.2) is 4.79 Å². The number of para-hydroxylation sites is 1. The Morgan fingerprint density at radius 1 is 1.14 bits per heavy atom. The zero-order chi connectivity index (χ0) is 20.8. The molecule has 0 saturated carbocycles. The van der Waals surface area contributed by atoms with Crippen LogP contribution in [0.3, 0.4) is 0 Å². The number of benzene rings is 2. The van der Waals surface area contributed by atoms with Crippen LogP contribution in [-0.2, 0) is 9.53 Å². The van der Waals surface area contributed by atoms with Gasteiger partial charge >= 0.3 is 11.7 Å². The van der Waals surface area contributed by atoms with Crippen LogP contribution in [0.1, 0.15) is 17.4 Å². The Morgan fingerprint density at radius 2 is 1.83 bits per heavy atom. The van der Waals surface area contributed by atoms with Crippen molar-refractivity contribution in [3.8, 4) is 10.4 Å². The molecule has 0 amide bonds. The van der Waals surface area contributed by atoms with Gasteiger partial charge in [0.2, 0.25) is 11.2 Å². The molecule has 2 N–H and O–H groups in total. The Balaban J connectivity index is 2.13. The van der Waals surface area contributed by atoms with Crippen molar-refractivity contribution in [1.82, 2.24) is 0 Å². The zero-order valence-corrected chi connectivity index (χ0v) is 16.9. The third kappa shape index (κ3) is 4.45. The molecule has 0 aliphatic heterocycles. The van der Waals surface area contributed by atoms with Crippen molar-refractivity contribution in [3.63, 3.8) is 0 Å². The Hall–Kier alpha value is -3.63. The Bertz CT molecular complexity index is 1100. The summed E-state index contributed by atoms with van der Waals surface area (Å²) in [5.41, 5.74) is 2.89. The number of carbonyl (C=O) groups is 1. The number of rotatable bonds is 6. The quantitative estimate of drug-likeness (QED) is 0.223. The van der Waals surface area contributed by atoms with Gasteiger partial charge in [0, 0.05) is 10.6 Å². The number of diazo groups is 1. The molecule has 0 radical (unpaired) electrons. The summed E-state index contributed by atoms with van der Waals surface area (Å²) in [7, 11) is 0. The van der Waals surface area contributed by atoms with E-state index in [0.29, 0.717) is 10.6 Å². The van der Waals surface area contributed by atoms with Crippen molar-refractivity contribution in [2.24, 2.45) is 0 Å². The van der Waals surface area contributed by atoms with Gasteiger partial charge in [0.05, 0.1) is 12.3 Å². The lowest BCUT2D eigenvalue weighted by atomic mass is 10.1. The summed E-state index contributed by atoms with van der Waals surface area (Å²) in [6.45, 7) is 3.70. The van der Waals surface area contributed by atoms with Crippen LogP contribution in [0.25, 0.3) is 21.2 Å². The van der Waals surface area contributed by atoms with Crippen molar-refractivity contribution in [1.29, 1.82) is 5.39 Å². The zero-order valence-electron chi connectivity index (χ0n) is 16.0. The fourth-order valence-electron chi connectivity index (χ4n) is 2.75. The average molecular weight is 406 g/mol. The fraction of sp³-hybridized carbons (Fsp3) is 0.136. The molecule has 7 heteroatoms. The first-order valence-electron chi connectivity index (χ1n) is 9.02. The van der Waals surface area contributed by atoms with E-state index < -0.39 is 17.4 Å². The first kappa shape index (κ1) is 20.1. The first-order chi connectivity index (χ1) is 14.0. The average Bonchev–Trinajstić information content (AvgIpc) is 3.15. The summed E-state index contributed by atoms with van der Waals surface area (Å²) < 4.78 is 4.88. The highest BCUT2D eigenvalue weighted by Gasteiger charge is 2.33. The van der Waals surface area contributed by atoms with Gasteiger partial charge in [-0.15, -0.1) is 11.3 Å². The molecule has 29 heavy (non-hydrogen) atoms. The number of anilines is 2. The van der Waals surface area contributed by atoms with Crippen molar-refractivity contribution in [2.75, 3.05) is 11.9 Å². The van der Waals surface area contributed by atoms with E-state index in [1.54, 1.807) is 6.92 Å². The van der Waals surface area contributed by atoms with E-state index in [9.17, 15) is 15.3 Å². The maximum Gasteiger partial charge on any atom is 0.510 e. The minimum Gasteiger partial charge on any atom is -0.500 e. The number of carbonyl (C=O) groups excluding carboxylic acids is 1. The van der Waals surface area contributed by atoms with Crippen LogP contribution >= 0.6 is 11.3 Å². The molecule has 3 aromatic rings. The number of nitrogens with zero attached hydrogens (tertiary/aromatic N) is 2. The van der Waals surface area contributed by atoms with Gasteiger partial charge in [0.15, 0.2) is 4.98 Å². The second kappa shape index (κ2) is 9.04. The van der Waals surface area contributed by atoms with Crippen molar-refractivity contribution in [2.45, 2.75) is 13.8 Å². The van der Waals surface area contributed by atoms with E-state index in [0.717, 1.165) is 21.7 Å². The van der Waals surface area contributed by atoms with Gasteiger partial charge < -0.3 is 15.2 Å². The number of nitrogens with one attached hydrogen (secondary N) is 1. The predicted molar refractivity (Wildman–Crippen MR) is 115 cm³/mol.